The molecule has 2 heterocycles. The number of non-ortho nitro benzene ring substituents is 1. The molecule has 2 atom stereocenters. The molecule has 0 bridgehead atoms. The van der Waals surface area contributed by atoms with E-state index in [-0.39, 0.29) is 48.3 Å². The molecule has 0 spiro atoms. The summed E-state index contributed by atoms with van der Waals surface area (Å²) in [5, 5.41) is 19.1. The second-order valence-electron chi connectivity index (χ2n) is 11.1. The van der Waals surface area contributed by atoms with Crippen LogP contribution in [0.4, 0.5) is 10.5 Å². The lowest BCUT2D eigenvalue weighted by molar-refractivity contribution is -0.384. The van der Waals surface area contributed by atoms with Crippen molar-refractivity contribution in [1.29, 1.82) is 0 Å². The van der Waals surface area contributed by atoms with Crippen LogP contribution in [-0.2, 0) is 42.2 Å². The van der Waals surface area contributed by atoms with Crippen molar-refractivity contribution in [1.82, 2.24) is 24.9 Å². The van der Waals surface area contributed by atoms with Crippen LogP contribution in [0.1, 0.15) is 49.9 Å². The van der Waals surface area contributed by atoms with E-state index in [4.69, 9.17) is 18.4 Å². The molecule has 2 aromatic heterocycles. The highest BCUT2D eigenvalue weighted by molar-refractivity contribution is 7.86. The Balaban J connectivity index is 1.25. The lowest BCUT2D eigenvalue weighted by atomic mass is 9.87. The third-order valence-electron chi connectivity index (χ3n) is 7.78. The van der Waals surface area contributed by atoms with Gasteiger partial charge in [-0.3, -0.25) is 19.1 Å². The average molecular weight is 675 g/mol. The molecule has 1 saturated carbocycles. The van der Waals surface area contributed by atoms with Crippen molar-refractivity contribution < 1.29 is 41.3 Å². The van der Waals surface area contributed by atoms with Crippen molar-refractivity contribution in [2.45, 2.75) is 63.1 Å². The number of aryl methyl sites for hydroxylation is 2. The van der Waals surface area contributed by atoms with Gasteiger partial charge in [0.2, 0.25) is 0 Å². The van der Waals surface area contributed by atoms with Gasteiger partial charge in [0.1, 0.15) is 23.7 Å². The largest absolute Gasteiger partial charge is 0.489 e. The minimum atomic E-state index is -4.07. The fourth-order valence-corrected chi connectivity index (χ4v) is 6.05. The average Bonchev–Trinajstić information content (AvgIpc) is 3.43. The van der Waals surface area contributed by atoms with E-state index in [2.05, 4.69) is 15.3 Å². The molecule has 4 rings (SSSR count). The van der Waals surface area contributed by atoms with Gasteiger partial charge in [0, 0.05) is 32.8 Å². The van der Waals surface area contributed by atoms with Crippen molar-refractivity contribution in [2.75, 3.05) is 27.3 Å². The van der Waals surface area contributed by atoms with Crippen molar-refractivity contribution in [3.8, 4) is 17.1 Å². The number of amides is 1. The van der Waals surface area contributed by atoms with Gasteiger partial charge in [-0.25, -0.2) is 14.5 Å². The number of hydrogen-bond donors (Lipinski definition) is 0. The minimum absolute atomic E-state index is 0.116. The summed E-state index contributed by atoms with van der Waals surface area (Å²) in [6.45, 7) is 1.85. The zero-order chi connectivity index (χ0) is 34.1. The van der Waals surface area contributed by atoms with Crippen LogP contribution < -0.4 is 4.74 Å². The Bertz CT molecular complexity index is 1680. The monoisotopic (exact) mass is 674 g/mol. The number of methoxy groups -OCH3 is 1. The molecule has 0 aliphatic heterocycles. The van der Waals surface area contributed by atoms with Gasteiger partial charge in [0.25, 0.3) is 15.8 Å². The maximum absolute atomic E-state index is 12.7. The molecule has 0 radical (unpaired) electrons. The molecule has 0 unspecified atom stereocenters. The molecule has 1 aliphatic carbocycles. The van der Waals surface area contributed by atoms with Crippen LogP contribution in [0.3, 0.4) is 0 Å². The maximum Gasteiger partial charge on any atom is 0.409 e. The number of nitro benzene ring substituents is 1. The molecule has 3 aromatic rings. The molecule has 0 saturated heterocycles. The summed E-state index contributed by atoms with van der Waals surface area (Å²) in [5.74, 6) is 0.216. The number of benzene rings is 1. The van der Waals surface area contributed by atoms with E-state index < -0.39 is 21.1 Å². The zero-order valence-corrected chi connectivity index (χ0v) is 27.5. The van der Waals surface area contributed by atoms with E-state index in [1.54, 1.807) is 26.2 Å². The first-order valence-corrected chi connectivity index (χ1v) is 16.4. The smallest absolute Gasteiger partial charge is 0.409 e. The van der Waals surface area contributed by atoms with Crippen LogP contribution in [-0.4, -0.2) is 83.7 Å². The molecular weight excluding hydrogens is 636 g/mol. The van der Waals surface area contributed by atoms with E-state index in [0.29, 0.717) is 47.8 Å². The van der Waals surface area contributed by atoms with E-state index >= 15 is 0 Å². The van der Waals surface area contributed by atoms with E-state index in [9.17, 15) is 28.1 Å². The number of carbonyl (C=O) groups is 2. The van der Waals surface area contributed by atoms with Crippen LogP contribution in [0.25, 0.3) is 11.4 Å². The first kappa shape index (κ1) is 35.2. The molecule has 1 aromatic carbocycles. The van der Waals surface area contributed by atoms with Crippen LogP contribution in [0.5, 0.6) is 5.75 Å². The second-order valence-corrected chi connectivity index (χ2v) is 12.7. The molecule has 254 valence electrons. The van der Waals surface area contributed by atoms with Gasteiger partial charge < -0.3 is 19.1 Å². The molecule has 1 fully saturated rings. The summed E-state index contributed by atoms with van der Waals surface area (Å²) in [4.78, 5) is 40.6. The number of nitrogens with zero attached hydrogens (tertiary/aromatic N) is 6. The number of ether oxygens (including phenoxy) is 3. The number of rotatable bonds is 14. The molecule has 17 heteroatoms. The van der Waals surface area contributed by atoms with Gasteiger partial charge in [0.05, 0.1) is 46.9 Å². The Morgan fingerprint density at radius 1 is 1.13 bits per heavy atom. The fraction of sp³-hybridized carbons (Fsp3) is 0.500. The summed E-state index contributed by atoms with van der Waals surface area (Å²) in [6, 6.07) is 7.97. The van der Waals surface area contributed by atoms with E-state index in [1.165, 1.54) is 16.7 Å². The Labute approximate surface area is 272 Å². The highest BCUT2D eigenvalue weighted by Gasteiger charge is 2.29. The Morgan fingerprint density at radius 2 is 1.87 bits per heavy atom. The van der Waals surface area contributed by atoms with Gasteiger partial charge in [-0.2, -0.15) is 8.42 Å². The van der Waals surface area contributed by atoms with Gasteiger partial charge in [-0.1, -0.05) is 5.21 Å². The highest BCUT2D eigenvalue weighted by atomic mass is 32.2. The summed E-state index contributed by atoms with van der Waals surface area (Å²) in [5.41, 5.74) is 1.93. The number of carbonyl (C=O) groups excluding carboxylic acids is 2. The van der Waals surface area contributed by atoms with E-state index in [1.807, 2.05) is 6.92 Å². The topological polar surface area (TPSA) is 195 Å². The molecule has 1 aliphatic rings. The number of esters is 1. The maximum atomic E-state index is 12.7. The Morgan fingerprint density at radius 3 is 2.55 bits per heavy atom. The summed E-state index contributed by atoms with van der Waals surface area (Å²) in [7, 11) is 0.560. The number of unbranched alkanes of at least 4 members (excludes halogenated alkanes) is 1. The van der Waals surface area contributed by atoms with E-state index in [0.717, 1.165) is 43.5 Å². The van der Waals surface area contributed by atoms with Gasteiger partial charge in [-0.05, 0) is 69.7 Å². The van der Waals surface area contributed by atoms with Gasteiger partial charge in [-0.15, -0.1) is 5.10 Å². The van der Waals surface area contributed by atoms with Crippen LogP contribution in [0.15, 0.2) is 41.3 Å². The van der Waals surface area contributed by atoms with Crippen molar-refractivity contribution in [3.05, 3.63) is 57.9 Å². The van der Waals surface area contributed by atoms with Gasteiger partial charge in [0.15, 0.2) is 0 Å². The highest BCUT2D eigenvalue weighted by Crippen LogP contribution is 2.31. The molecular formula is C30H38N6O10S. The third-order valence-corrected chi connectivity index (χ3v) is 9.11. The number of pyridine rings is 1. The zero-order valence-electron chi connectivity index (χ0n) is 26.7. The minimum Gasteiger partial charge on any atom is -0.489 e. The number of hydrogen-bond acceptors (Lipinski definition) is 13. The number of aromatic nitrogens is 4. The van der Waals surface area contributed by atoms with Crippen LogP contribution >= 0.6 is 0 Å². The van der Waals surface area contributed by atoms with Crippen LogP contribution in [0.2, 0.25) is 0 Å². The quantitative estimate of drug-likeness (QED) is 0.0784. The standard InChI is InChI=1S/C30H38N6O10S/c1-20-27(46-23-9-7-8-21(18-23)29(37)43-4)15-14-25(31-20)28-26(35(3)33-32-28)19-44-30(38)34(2)16-5-6-17-45-47(41,42)24-12-10-22(11-13-24)36(39)40/h10-15,21,23H,5-9,16-19H2,1-4H3/t21-,23-/m0/s1. The molecule has 1 amide bonds. The molecule has 0 N–H and O–H groups in total. The second kappa shape index (κ2) is 15.8. The Kier molecular flexibility index (Phi) is 11.8. The number of nitro groups is 1. The summed E-state index contributed by atoms with van der Waals surface area (Å²) >= 11 is 0. The molecule has 47 heavy (non-hydrogen) atoms. The van der Waals surface area contributed by atoms with Crippen molar-refractivity contribution in [2.24, 2.45) is 13.0 Å². The molecule has 16 nitrogen and oxygen atoms in total. The predicted molar refractivity (Wildman–Crippen MR) is 166 cm³/mol. The SMILES string of the molecule is COC(=O)[C@H]1CCC[C@H](Oc2ccc(-c3nnn(C)c3COC(=O)N(C)CCCCOS(=O)(=O)c3ccc([N+](=O)[O-])cc3)nc2C)C1. The lowest BCUT2D eigenvalue weighted by Crippen LogP contribution is -2.30. The first-order valence-electron chi connectivity index (χ1n) is 15.0. The normalized spacial score (nSPS) is 16.3. The lowest BCUT2D eigenvalue weighted by Gasteiger charge is -2.28. The van der Waals surface area contributed by atoms with Crippen molar-refractivity contribution in [3.63, 3.8) is 0 Å². The predicted octanol–water partition coefficient (Wildman–Crippen LogP) is 3.96. The van der Waals surface area contributed by atoms with Gasteiger partial charge >= 0.3 is 12.1 Å². The summed E-state index contributed by atoms with van der Waals surface area (Å²) < 4.78 is 47.7. The first-order chi connectivity index (χ1) is 22.4. The van der Waals surface area contributed by atoms with Crippen LogP contribution in [0, 0.1) is 23.0 Å². The third kappa shape index (κ3) is 9.22. The van der Waals surface area contributed by atoms with Crippen molar-refractivity contribution >= 4 is 27.9 Å². The summed E-state index contributed by atoms with van der Waals surface area (Å²) in [6.07, 6.45) is 3.13. The fourth-order valence-electron chi connectivity index (χ4n) is 5.11. The Hall–Kier alpha value is -4.64.